The highest BCUT2D eigenvalue weighted by atomic mass is 16.5. The van der Waals surface area contributed by atoms with Crippen LogP contribution in [0, 0.1) is 0 Å². The second kappa shape index (κ2) is 7.88. The first-order valence-electron chi connectivity index (χ1n) is 10.4. The first kappa shape index (κ1) is 18.8. The van der Waals surface area contributed by atoms with E-state index in [1.807, 2.05) is 6.07 Å². The van der Waals surface area contributed by atoms with Gasteiger partial charge in [0.15, 0.2) is 11.5 Å². The van der Waals surface area contributed by atoms with E-state index in [0.29, 0.717) is 0 Å². The lowest BCUT2D eigenvalue weighted by Crippen LogP contribution is -2.31. The molecule has 3 aromatic carbocycles. The van der Waals surface area contributed by atoms with Gasteiger partial charge in [0.1, 0.15) is 0 Å². The Bertz CT molecular complexity index is 1180. The smallest absolute Gasteiger partial charge is 0.160 e. The van der Waals surface area contributed by atoms with Crippen molar-refractivity contribution < 1.29 is 9.47 Å². The molecule has 4 heteroatoms. The molecule has 152 valence electrons. The molecule has 1 aliphatic rings. The number of methoxy groups -OCH3 is 2. The third kappa shape index (κ3) is 3.33. The Labute approximate surface area is 176 Å². The molecule has 0 spiro atoms. The van der Waals surface area contributed by atoms with Gasteiger partial charge in [-0.05, 0) is 65.9 Å². The number of hydrogen-bond acceptors (Lipinski definition) is 3. The van der Waals surface area contributed by atoms with Crippen LogP contribution in [-0.2, 0) is 12.8 Å². The molecule has 1 unspecified atom stereocenters. The normalized spacial score (nSPS) is 15.7. The number of benzene rings is 3. The second-order valence-corrected chi connectivity index (χ2v) is 7.79. The maximum atomic E-state index is 5.49. The highest BCUT2D eigenvalue weighted by Gasteiger charge is 2.24. The molecule has 4 nitrogen and oxygen atoms in total. The van der Waals surface area contributed by atoms with Gasteiger partial charge in [-0.2, -0.15) is 0 Å². The van der Waals surface area contributed by atoms with Crippen LogP contribution in [0.4, 0.5) is 0 Å². The number of nitrogens with one attached hydrogen (secondary N) is 2. The third-order valence-electron chi connectivity index (χ3n) is 6.05. The van der Waals surface area contributed by atoms with Crippen LogP contribution in [0.3, 0.4) is 0 Å². The standard InChI is InChI=1S/C26H26N2O2/c1-29-24-11-8-17(15-25(24)30-2)14-23-26-20(12-13-27-23)21-16-19(9-10-22(21)28-26)18-6-4-3-5-7-18/h3-11,15-16,23,27-28H,12-14H2,1-2H3. The molecule has 0 amide bonds. The van der Waals surface area contributed by atoms with E-state index >= 15 is 0 Å². The summed E-state index contributed by atoms with van der Waals surface area (Å²) in [6.07, 6.45) is 1.93. The first-order chi connectivity index (χ1) is 14.8. The SMILES string of the molecule is COc1ccc(CC2NCCc3c2[nH]c2ccc(-c4ccccc4)cc32)cc1OC. The second-order valence-electron chi connectivity index (χ2n) is 7.79. The van der Waals surface area contributed by atoms with E-state index in [-0.39, 0.29) is 6.04 Å². The van der Waals surface area contributed by atoms with Crippen molar-refractivity contribution in [2.75, 3.05) is 20.8 Å². The fraction of sp³-hybridized carbons (Fsp3) is 0.231. The average molecular weight is 399 g/mol. The van der Waals surface area contributed by atoms with Gasteiger partial charge < -0.3 is 19.8 Å². The van der Waals surface area contributed by atoms with Crippen molar-refractivity contribution in [2.24, 2.45) is 0 Å². The Morgan fingerprint density at radius 2 is 1.70 bits per heavy atom. The minimum atomic E-state index is 0.249. The van der Waals surface area contributed by atoms with Gasteiger partial charge in [-0.15, -0.1) is 0 Å². The van der Waals surface area contributed by atoms with Crippen LogP contribution >= 0.6 is 0 Å². The van der Waals surface area contributed by atoms with Crippen molar-refractivity contribution in [1.82, 2.24) is 10.3 Å². The Balaban J connectivity index is 1.50. The minimum absolute atomic E-state index is 0.249. The molecule has 0 saturated heterocycles. The molecule has 5 rings (SSSR count). The fourth-order valence-electron chi connectivity index (χ4n) is 4.54. The zero-order chi connectivity index (χ0) is 20.5. The quantitative estimate of drug-likeness (QED) is 0.481. The van der Waals surface area contributed by atoms with Gasteiger partial charge in [-0.25, -0.2) is 0 Å². The predicted molar refractivity (Wildman–Crippen MR) is 121 cm³/mol. The Kier molecular flexibility index (Phi) is 4.93. The molecule has 0 fully saturated rings. The molecular formula is C26H26N2O2. The molecular weight excluding hydrogens is 372 g/mol. The summed E-state index contributed by atoms with van der Waals surface area (Å²) in [5, 5.41) is 5.03. The van der Waals surface area contributed by atoms with Crippen LogP contribution in [0.15, 0.2) is 66.7 Å². The Morgan fingerprint density at radius 3 is 2.50 bits per heavy atom. The third-order valence-corrected chi connectivity index (χ3v) is 6.05. The van der Waals surface area contributed by atoms with E-state index in [9.17, 15) is 0 Å². The summed E-state index contributed by atoms with van der Waals surface area (Å²) in [5.74, 6) is 1.53. The zero-order valence-corrected chi connectivity index (χ0v) is 17.4. The van der Waals surface area contributed by atoms with Crippen molar-refractivity contribution in [3.8, 4) is 22.6 Å². The largest absolute Gasteiger partial charge is 0.493 e. The van der Waals surface area contributed by atoms with Gasteiger partial charge in [0.25, 0.3) is 0 Å². The average Bonchev–Trinajstić information content (AvgIpc) is 3.18. The molecule has 1 atom stereocenters. The minimum Gasteiger partial charge on any atom is -0.493 e. The summed E-state index contributed by atoms with van der Waals surface area (Å²) in [7, 11) is 3.35. The lowest BCUT2D eigenvalue weighted by atomic mass is 9.93. The van der Waals surface area contributed by atoms with Crippen LogP contribution in [0.5, 0.6) is 11.5 Å². The number of aromatic nitrogens is 1. The van der Waals surface area contributed by atoms with Gasteiger partial charge in [0, 0.05) is 16.6 Å². The molecule has 2 N–H and O–H groups in total. The fourth-order valence-corrected chi connectivity index (χ4v) is 4.54. The number of hydrogen-bond donors (Lipinski definition) is 2. The highest BCUT2D eigenvalue weighted by molar-refractivity contribution is 5.89. The van der Waals surface area contributed by atoms with Crippen molar-refractivity contribution in [1.29, 1.82) is 0 Å². The van der Waals surface area contributed by atoms with E-state index in [1.165, 1.54) is 38.9 Å². The first-order valence-corrected chi connectivity index (χ1v) is 10.4. The van der Waals surface area contributed by atoms with Crippen molar-refractivity contribution in [2.45, 2.75) is 18.9 Å². The molecule has 2 heterocycles. The molecule has 0 radical (unpaired) electrons. The number of rotatable bonds is 5. The predicted octanol–water partition coefficient (Wildman–Crippen LogP) is 5.28. The van der Waals surface area contributed by atoms with E-state index in [2.05, 4.69) is 71.0 Å². The molecule has 1 aliphatic heterocycles. The number of fused-ring (bicyclic) bond motifs is 3. The monoisotopic (exact) mass is 398 g/mol. The molecule has 1 aromatic heterocycles. The van der Waals surface area contributed by atoms with Gasteiger partial charge in [-0.3, -0.25) is 0 Å². The Hall–Kier alpha value is -3.24. The van der Waals surface area contributed by atoms with E-state index in [1.54, 1.807) is 14.2 Å². The lowest BCUT2D eigenvalue weighted by molar-refractivity contribution is 0.354. The van der Waals surface area contributed by atoms with Gasteiger partial charge in [0.2, 0.25) is 0 Å². The molecule has 0 bridgehead atoms. The number of aromatic amines is 1. The molecule has 0 saturated carbocycles. The number of H-pyrrole nitrogens is 1. The summed E-state index contributed by atoms with van der Waals surface area (Å²) in [5.41, 5.74) is 7.69. The molecule has 30 heavy (non-hydrogen) atoms. The van der Waals surface area contributed by atoms with Gasteiger partial charge in [0.05, 0.1) is 20.3 Å². The summed E-state index contributed by atoms with van der Waals surface area (Å²) < 4.78 is 10.9. The highest BCUT2D eigenvalue weighted by Crippen LogP contribution is 2.35. The van der Waals surface area contributed by atoms with Crippen LogP contribution < -0.4 is 14.8 Å². The number of ether oxygens (including phenoxy) is 2. The Morgan fingerprint density at radius 1 is 0.867 bits per heavy atom. The van der Waals surface area contributed by atoms with Crippen molar-refractivity contribution >= 4 is 10.9 Å². The molecule has 4 aromatic rings. The summed E-state index contributed by atoms with van der Waals surface area (Å²) in [6.45, 7) is 0.980. The van der Waals surface area contributed by atoms with Gasteiger partial charge in [-0.1, -0.05) is 42.5 Å². The van der Waals surface area contributed by atoms with E-state index in [0.717, 1.165) is 30.9 Å². The lowest BCUT2D eigenvalue weighted by Gasteiger charge is -2.25. The van der Waals surface area contributed by atoms with Crippen LogP contribution in [0.2, 0.25) is 0 Å². The summed E-state index contributed by atoms with van der Waals surface area (Å²) in [4.78, 5) is 3.70. The van der Waals surface area contributed by atoms with Crippen LogP contribution in [0.25, 0.3) is 22.0 Å². The molecule has 0 aliphatic carbocycles. The van der Waals surface area contributed by atoms with E-state index in [4.69, 9.17) is 9.47 Å². The summed E-state index contributed by atoms with van der Waals surface area (Å²) in [6, 6.07) is 23.8. The van der Waals surface area contributed by atoms with Crippen molar-refractivity contribution in [3.05, 3.63) is 83.6 Å². The maximum Gasteiger partial charge on any atom is 0.160 e. The summed E-state index contributed by atoms with van der Waals surface area (Å²) >= 11 is 0. The van der Waals surface area contributed by atoms with Crippen LogP contribution in [-0.4, -0.2) is 25.7 Å². The zero-order valence-electron chi connectivity index (χ0n) is 17.4. The van der Waals surface area contributed by atoms with E-state index < -0.39 is 0 Å². The maximum absolute atomic E-state index is 5.49. The van der Waals surface area contributed by atoms with Crippen molar-refractivity contribution in [3.63, 3.8) is 0 Å². The topological polar surface area (TPSA) is 46.3 Å². The van der Waals surface area contributed by atoms with Crippen LogP contribution in [0.1, 0.15) is 22.9 Å². The van der Waals surface area contributed by atoms with Gasteiger partial charge >= 0.3 is 0 Å².